The number of methoxy groups -OCH3 is 1. The Morgan fingerprint density at radius 1 is 1.30 bits per heavy atom. The summed E-state index contributed by atoms with van der Waals surface area (Å²) in [6.07, 6.45) is 3.20. The summed E-state index contributed by atoms with van der Waals surface area (Å²) >= 11 is 0. The van der Waals surface area contributed by atoms with E-state index in [4.69, 9.17) is 4.74 Å². The van der Waals surface area contributed by atoms with Gasteiger partial charge in [0, 0.05) is 17.7 Å². The molecule has 0 spiro atoms. The number of carbonyl (C=O) groups excluding carboxylic acids is 2. The van der Waals surface area contributed by atoms with E-state index in [-0.39, 0.29) is 24.4 Å². The van der Waals surface area contributed by atoms with Crippen molar-refractivity contribution in [3.63, 3.8) is 0 Å². The minimum Gasteiger partial charge on any atom is -0.497 e. The number of aromatic nitrogens is 1. The van der Waals surface area contributed by atoms with E-state index in [1.807, 2.05) is 0 Å². The van der Waals surface area contributed by atoms with Crippen LogP contribution in [-0.4, -0.2) is 41.6 Å². The van der Waals surface area contributed by atoms with Crippen LogP contribution < -0.4 is 10.1 Å². The van der Waals surface area contributed by atoms with Gasteiger partial charge in [-0.25, -0.2) is 0 Å². The molecule has 120 valence electrons. The molecule has 2 amide bonds. The fourth-order valence-corrected chi connectivity index (χ4v) is 2.27. The lowest BCUT2D eigenvalue weighted by Crippen LogP contribution is -2.39. The van der Waals surface area contributed by atoms with Crippen LogP contribution in [0.4, 0.5) is 5.82 Å². The van der Waals surface area contributed by atoms with Gasteiger partial charge in [0.15, 0.2) is 5.82 Å². The minimum atomic E-state index is -0.298. The molecule has 0 saturated heterocycles. The number of nitrogens with one attached hydrogen (secondary N) is 1. The van der Waals surface area contributed by atoms with Crippen molar-refractivity contribution in [3.8, 4) is 5.75 Å². The third kappa shape index (κ3) is 3.68. The number of benzene rings is 1. The van der Waals surface area contributed by atoms with Crippen LogP contribution in [-0.2, 0) is 4.79 Å². The molecule has 0 radical (unpaired) electrons. The van der Waals surface area contributed by atoms with Gasteiger partial charge in [-0.1, -0.05) is 5.16 Å². The maximum absolute atomic E-state index is 12.6. The Hall–Kier alpha value is -2.83. The van der Waals surface area contributed by atoms with Gasteiger partial charge in [0.2, 0.25) is 5.91 Å². The maximum Gasteiger partial charge on any atom is 0.254 e. The Kier molecular flexibility index (Phi) is 4.27. The van der Waals surface area contributed by atoms with Gasteiger partial charge in [0.1, 0.15) is 18.6 Å². The molecule has 1 aliphatic rings. The van der Waals surface area contributed by atoms with Gasteiger partial charge >= 0.3 is 0 Å². The smallest absolute Gasteiger partial charge is 0.254 e. The van der Waals surface area contributed by atoms with Gasteiger partial charge in [-0.2, -0.15) is 0 Å². The first-order chi connectivity index (χ1) is 11.2. The summed E-state index contributed by atoms with van der Waals surface area (Å²) in [6, 6.07) is 8.53. The summed E-state index contributed by atoms with van der Waals surface area (Å²) in [7, 11) is 1.57. The molecule has 1 aliphatic carbocycles. The van der Waals surface area contributed by atoms with Crippen molar-refractivity contribution in [1.82, 2.24) is 10.1 Å². The second-order valence-electron chi connectivity index (χ2n) is 5.33. The average molecular weight is 315 g/mol. The number of nitrogens with zero attached hydrogens (tertiary/aromatic N) is 2. The van der Waals surface area contributed by atoms with Gasteiger partial charge < -0.3 is 19.5 Å². The van der Waals surface area contributed by atoms with Crippen molar-refractivity contribution in [2.45, 2.75) is 18.9 Å². The average Bonchev–Trinajstić information content (AvgIpc) is 3.29. The predicted octanol–water partition coefficient (Wildman–Crippen LogP) is 1.93. The number of rotatable bonds is 6. The van der Waals surface area contributed by atoms with E-state index >= 15 is 0 Å². The number of amides is 2. The summed E-state index contributed by atoms with van der Waals surface area (Å²) in [4.78, 5) is 26.3. The zero-order valence-corrected chi connectivity index (χ0v) is 12.7. The first-order valence-electron chi connectivity index (χ1n) is 7.32. The van der Waals surface area contributed by atoms with Crippen LogP contribution in [0.2, 0.25) is 0 Å². The van der Waals surface area contributed by atoms with Crippen LogP contribution in [0.3, 0.4) is 0 Å². The van der Waals surface area contributed by atoms with Gasteiger partial charge in [0.25, 0.3) is 5.91 Å². The number of ether oxygens (including phenoxy) is 1. The zero-order valence-electron chi connectivity index (χ0n) is 12.7. The summed E-state index contributed by atoms with van der Waals surface area (Å²) in [5.41, 5.74) is 0.534. The Bertz CT molecular complexity index is 678. The van der Waals surface area contributed by atoms with E-state index in [2.05, 4.69) is 15.0 Å². The molecule has 0 bridgehead atoms. The van der Waals surface area contributed by atoms with E-state index in [0.717, 1.165) is 12.8 Å². The van der Waals surface area contributed by atoms with Crippen molar-refractivity contribution in [2.75, 3.05) is 19.0 Å². The molecule has 1 N–H and O–H groups in total. The molecule has 1 saturated carbocycles. The molecule has 0 aliphatic heterocycles. The standard InChI is InChI=1S/C16H17N3O4/c1-22-13-6-2-11(3-7-13)16(21)19(12-4-5-12)10-15(20)17-14-8-9-23-18-14/h2-3,6-9,12H,4-5,10H2,1H3,(H,17,18,20). The third-order valence-electron chi connectivity index (χ3n) is 3.60. The molecule has 3 rings (SSSR count). The third-order valence-corrected chi connectivity index (χ3v) is 3.60. The highest BCUT2D eigenvalue weighted by molar-refractivity contribution is 5.99. The summed E-state index contributed by atoms with van der Waals surface area (Å²) in [5.74, 6) is 0.559. The first kappa shape index (κ1) is 15.1. The van der Waals surface area contributed by atoms with E-state index in [9.17, 15) is 9.59 Å². The second-order valence-corrected chi connectivity index (χ2v) is 5.33. The van der Waals surface area contributed by atoms with Crippen molar-refractivity contribution in [3.05, 3.63) is 42.2 Å². The van der Waals surface area contributed by atoms with Crippen LogP contribution in [0, 0.1) is 0 Å². The molecule has 2 aromatic rings. The molecule has 0 atom stereocenters. The molecule has 1 fully saturated rings. The van der Waals surface area contributed by atoms with Crippen molar-refractivity contribution < 1.29 is 18.8 Å². The largest absolute Gasteiger partial charge is 0.497 e. The lowest BCUT2D eigenvalue weighted by Gasteiger charge is -2.21. The Labute approximate surface area is 133 Å². The molecule has 1 heterocycles. The van der Waals surface area contributed by atoms with Crippen molar-refractivity contribution in [1.29, 1.82) is 0 Å². The Morgan fingerprint density at radius 2 is 2.04 bits per heavy atom. The lowest BCUT2D eigenvalue weighted by atomic mass is 10.2. The van der Waals surface area contributed by atoms with Crippen LogP contribution >= 0.6 is 0 Å². The molecular formula is C16H17N3O4. The van der Waals surface area contributed by atoms with Crippen LogP contribution in [0.1, 0.15) is 23.2 Å². The van der Waals surface area contributed by atoms with E-state index in [1.165, 1.54) is 6.26 Å². The zero-order chi connectivity index (χ0) is 16.2. The second kappa shape index (κ2) is 6.51. The molecule has 1 aromatic heterocycles. The fourth-order valence-electron chi connectivity index (χ4n) is 2.27. The van der Waals surface area contributed by atoms with Gasteiger partial charge in [-0.15, -0.1) is 0 Å². The molecule has 0 unspecified atom stereocenters. The number of carbonyl (C=O) groups is 2. The first-order valence-corrected chi connectivity index (χ1v) is 7.32. The molecule has 7 nitrogen and oxygen atoms in total. The highest BCUT2D eigenvalue weighted by Gasteiger charge is 2.34. The lowest BCUT2D eigenvalue weighted by molar-refractivity contribution is -0.117. The maximum atomic E-state index is 12.6. The quantitative estimate of drug-likeness (QED) is 0.880. The summed E-state index contributed by atoms with van der Waals surface area (Å²) in [5, 5.41) is 6.22. The van der Waals surface area contributed by atoms with E-state index < -0.39 is 0 Å². The van der Waals surface area contributed by atoms with Gasteiger partial charge in [0.05, 0.1) is 7.11 Å². The van der Waals surface area contributed by atoms with Gasteiger partial charge in [-0.3, -0.25) is 9.59 Å². The Morgan fingerprint density at radius 3 is 2.61 bits per heavy atom. The number of hydrogen-bond donors (Lipinski definition) is 1. The van der Waals surface area contributed by atoms with Crippen molar-refractivity contribution in [2.24, 2.45) is 0 Å². The van der Waals surface area contributed by atoms with E-state index in [1.54, 1.807) is 42.3 Å². The van der Waals surface area contributed by atoms with Crippen LogP contribution in [0.15, 0.2) is 41.1 Å². The Balaban J connectivity index is 1.68. The monoisotopic (exact) mass is 315 g/mol. The number of hydrogen-bond acceptors (Lipinski definition) is 5. The molecular weight excluding hydrogens is 298 g/mol. The summed E-state index contributed by atoms with van der Waals surface area (Å²) < 4.78 is 9.75. The highest BCUT2D eigenvalue weighted by atomic mass is 16.5. The van der Waals surface area contributed by atoms with Crippen molar-refractivity contribution >= 4 is 17.6 Å². The minimum absolute atomic E-state index is 0.0115. The SMILES string of the molecule is COc1ccc(C(=O)N(CC(=O)Nc2ccon2)C2CC2)cc1. The summed E-state index contributed by atoms with van der Waals surface area (Å²) in [6.45, 7) is -0.0115. The van der Waals surface area contributed by atoms with Gasteiger partial charge in [-0.05, 0) is 37.1 Å². The van der Waals surface area contributed by atoms with E-state index in [0.29, 0.717) is 17.1 Å². The number of anilines is 1. The normalized spacial score (nSPS) is 13.4. The fraction of sp³-hybridized carbons (Fsp3) is 0.312. The predicted molar refractivity (Wildman–Crippen MR) is 82.2 cm³/mol. The molecule has 1 aromatic carbocycles. The molecule has 23 heavy (non-hydrogen) atoms. The molecule has 7 heteroatoms. The highest BCUT2D eigenvalue weighted by Crippen LogP contribution is 2.28. The topological polar surface area (TPSA) is 84.7 Å². The van der Waals surface area contributed by atoms with Crippen LogP contribution in [0.25, 0.3) is 0 Å². The van der Waals surface area contributed by atoms with Crippen LogP contribution in [0.5, 0.6) is 5.75 Å².